The molecule has 0 atom stereocenters. The van der Waals surface area contributed by atoms with Crippen LogP contribution in [-0.4, -0.2) is 25.3 Å². The molecule has 1 aliphatic rings. The highest BCUT2D eigenvalue weighted by Crippen LogP contribution is 2.33. The molecule has 0 amide bonds. The second-order valence-corrected chi connectivity index (χ2v) is 4.74. The van der Waals surface area contributed by atoms with Gasteiger partial charge in [-0.05, 0) is 12.1 Å². The Morgan fingerprint density at radius 1 is 1.19 bits per heavy atom. The summed E-state index contributed by atoms with van der Waals surface area (Å²) in [6, 6.07) is 9.73. The molecule has 0 saturated carbocycles. The maximum absolute atomic E-state index is 5.80. The molecule has 0 saturated heterocycles. The number of nitrogens with one attached hydrogen (secondary N) is 1. The lowest BCUT2D eigenvalue weighted by Crippen LogP contribution is -2.04. The van der Waals surface area contributed by atoms with Gasteiger partial charge in [0.05, 0.1) is 32.2 Å². The quantitative estimate of drug-likeness (QED) is 0.936. The smallest absolute Gasteiger partial charge is 0.213 e. The van der Waals surface area contributed by atoms with Crippen LogP contribution < -0.4 is 19.5 Å². The highest BCUT2D eigenvalue weighted by molar-refractivity contribution is 5.50. The number of anilines is 1. The van der Waals surface area contributed by atoms with Crippen molar-refractivity contribution in [3.05, 3.63) is 42.1 Å². The minimum absolute atomic E-state index is 0.603. The van der Waals surface area contributed by atoms with Gasteiger partial charge in [-0.3, -0.25) is 0 Å². The van der Waals surface area contributed by atoms with Gasteiger partial charge in [0, 0.05) is 24.6 Å². The van der Waals surface area contributed by atoms with Gasteiger partial charge in [0.15, 0.2) is 11.5 Å². The maximum atomic E-state index is 5.80. The number of rotatable bonds is 4. The van der Waals surface area contributed by atoms with Crippen LogP contribution in [0, 0.1) is 0 Å². The average molecular weight is 286 g/mol. The fraction of sp³-hybridized carbons (Fsp3) is 0.312. The molecule has 21 heavy (non-hydrogen) atoms. The Balaban J connectivity index is 1.72. The Morgan fingerprint density at radius 3 is 2.90 bits per heavy atom. The Kier molecular flexibility index (Phi) is 4.09. The highest BCUT2D eigenvalue weighted by Gasteiger charge is 2.14. The molecule has 0 radical (unpaired) electrons. The Bertz CT molecular complexity index is 599. The molecule has 3 rings (SSSR count). The number of nitrogens with zero attached hydrogens (tertiary/aromatic N) is 1. The molecule has 0 aliphatic carbocycles. The number of hydrogen-bond acceptors (Lipinski definition) is 5. The van der Waals surface area contributed by atoms with Crippen molar-refractivity contribution in [1.29, 1.82) is 0 Å². The van der Waals surface area contributed by atoms with E-state index < -0.39 is 0 Å². The van der Waals surface area contributed by atoms with E-state index in [1.54, 1.807) is 13.3 Å². The van der Waals surface area contributed by atoms with Crippen LogP contribution in [0.3, 0.4) is 0 Å². The number of ether oxygens (including phenoxy) is 3. The van der Waals surface area contributed by atoms with Crippen molar-refractivity contribution < 1.29 is 14.2 Å². The van der Waals surface area contributed by atoms with Crippen LogP contribution >= 0.6 is 0 Å². The third-order valence-electron chi connectivity index (χ3n) is 3.28. The Labute approximate surface area is 123 Å². The zero-order valence-corrected chi connectivity index (χ0v) is 12.0. The van der Waals surface area contributed by atoms with Crippen LogP contribution in [0.5, 0.6) is 17.4 Å². The van der Waals surface area contributed by atoms with Crippen LogP contribution in [0.2, 0.25) is 0 Å². The maximum Gasteiger partial charge on any atom is 0.213 e. The van der Waals surface area contributed by atoms with E-state index in [0.29, 0.717) is 25.6 Å². The van der Waals surface area contributed by atoms with E-state index in [4.69, 9.17) is 14.2 Å². The van der Waals surface area contributed by atoms with Gasteiger partial charge < -0.3 is 19.5 Å². The van der Waals surface area contributed by atoms with Gasteiger partial charge in [-0.25, -0.2) is 4.98 Å². The number of pyridine rings is 1. The third-order valence-corrected chi connectivity index (χ3v) is 3.28. The third kappa shape index (κ3) is 3.18. The monoisotopic (exact) mass is 286 g/mol. The molecular formula is C16H18N2O3. The molecule has 0 fully saturated rings. The summed E-state index contributed by atoms with van der Waals surface area (Å²) in [7, 11) is 1.60. The van der Waals surface area contributed by atoms with E-state index in [0.717, 1.165) is 29.2 Å². The zero-order chi connectivity index (χ0) is 14.5. The van der Waals surface area contributed by atoms with Gasteiger partial charge >= 0.3 is 0 Å². The van der Waals surface area contributed by atoms with Crippen molar-refractivity contribution in [2.75, 3.05) is 25.6 Å². The molecule has 1 N–H and O–H groups in total. The second kappa shape index (κ2) is 6.35. The first-order valence-corrected chi connectivity index (χ1v) is 6.98. The van der Waals surface area contributed by atoms with Crippen molar-refractivity contribution in [2.24, 2.45) is 0 Å². The van der Waals surface area contributed by atoms with E-state index in [2.05, 4.69) is 10.3 Å². The molecule has 0 unspecified atom stereocenters. The Hall–Kier alpha value is -2.43. The summed E-state index contributed by atoms with van der Waals surface area (Å²) in [6.45, 7) is 2.04. The lowest BCUT2D eigenvalue weighted by molar-refractivity contribution is 0.296. The first-order valence-electron chi connectivity index (χ1n) is 6.98. The average Bonchev–Trinajstić information content (AvgIpc) is 2.79. The van der Waals surface area contributed by atoms with E-state index in [1.807, 2.05) is 30.3 Å². The first-order chi connectivity index (χ1) is 10.4. The molecule has 5 nitrogen and oxygen atoms in total. The fourth-order valence-corrected chi connectivity index (χ4v) is 2.20. The predicted molar refractivity (Wildman–Crippen MR) is 80.2 cm³/mol. The summed E-state index contributed by atoms with van der Waals surface area (Å²) in [5, 5.41) is 3.33. The molecule has 2 heterocycles. The van der Waals surface area contributed by atoms with Crippen LogP contribution in [0.25, 0.3) is 0 Å². The molecule has 1 aliphatic heterocycles. The molecule has 110 valence electrons. The van der Waals surface area contributed by atoms with Crippen LogP contribution in [0.15, 0.2) is 36.5 Å². The summed E-state index contributed by atoms with van der Waals surface area (Å²) in [5.74, 6) is 2.26. The largest absolute Gasteiger partial charge is 0.490 e. The number of benzene rings is 1. The summed E-state index contributed by atoms with van der Waals surface area (Å²) in [4.78, 5) is 4.17. The molecule has 1 aromatic carbocycles. The van der Waals surface area contributed by atoms with Gasteiger partial charge in [-0.15, -0.1) is 0 Å². The van der Waals surface area contributed by atoms with Gasteiger partial charge in [0.25, 0.3) is 0 Å². The minimum Gasteiger partial charge on any atom is -0.490 e. The molecule has 1 aromatic heterocycles. The van der Waals surface area contributed by atoms with E-state index in [9.17, 15) is 0 Å². The molecular weight excluding hydrogens is 268 g/mol. The second-order valence-electron chi connectivity index (χ2n) is 4.74. The highest BCUT2D eigenvalue weighted by atomic mass is 16.5. The van der Waals surface area contributed by atoms with E-state index >= 15 is 0 Å². The lowest BCUT2D eigenvalue weighted by atomic mass is 10.2. The van der Waals surface area contributed by atoms with Gasteiger partial charge in [-0.1, -0.05) is 12.1 Å². The normalized spacial score (nSPS) is 13.4. The van der Waals surface area contributed by atoms with Gasteiger partial charge in [0.2, 0.25) is 5.88 Å². The topological polar surface area (TPSA) is 52.6 Å². The number of methoxy groups -OCH3 is 1. The molecule has 0 spiro atoms. The van der Waals surface area contributed by atoms with Crippen molar-refractivity contribution in [3.63, 3.8) is 0 Å². The lowest BCUT2D eigenvalue weighted by Gasteiger charge is -2.13. The predicted octanol–water partition coefficient (Wildman–Crippen LogP) is 2.86. The number of para-hydroxylation sites is 1. The Morgan fingerprint density at radius 2 is 2.10 bits per heavy atom. The summed E-state index contributed by atoms with van der Waals surface area (Å²) < 4.78 is 16.5. The number of hydrogen-bond donors (Lipinski definition) is 1. The molecule has 2 aromatic rings. The summed E-state index contributed by atoms with van der Waals surface area (Å²) >= 11 is 0. The molecule has 5 heteroatoms. The SMILES string of the molecule is COc1ccc(NCc2cccc3c2OCCCO3)cn1. The standard InChI is InChI=1S/C16H18N2O3/c1-19-15-7-6-13(11-18-15)17-10-12-4-2-5-14-16(12)21-9-3-8-20-14/h2,4-7,11,17H,3,8-10H2,1H3. The van der Waals surface area contributed by atoms with Crippen molar-refractivity contribution in [3.8, 4) is 17.4 Å². The van der Waals surface area contributed by atoms with Crippen molar-refractivity contribution in [2.45, 2.75) is 13.0 Å². The van der Waals surface area contributed by atoms with Crippen LogP contribution in [0.1, 0.15) is 12.0 Å². The van der Waals surface area contributed by atoms with Crippen LogP contribution in [0.4, 0.5) is 5.69 Å². The number of fused-ring (bicyclic) bond motifs is 1. The fourth-order valence-electron chi connectivity index (χ4n) is 2.20. The van der Waals surface area contributed by atoms with E-state index in [1.165, 1.54) is 0 Å². The van der Waals surface area contributed by atoms with Crippen LogP contribution in [-0.2, 0) is 6.54 Å². The van der Waals surface area contributed by atoms with E-state index in [-0.39, 0.29) is 0 Å². The zero-order valence-electron chi connectivity index (χ0n) is 12.0. The van der Waals surface area contributed by atoms with Gasteiger partial charge in [-0.2, -0.15) is 0 Å². The van der Waals surface area contributed by atoms with Crippen molar-refractivity contribution >= 4 is 5.69 Å². The summed E-state index contributed by atoms with van der Waals surface area (Å²) in [6.07, 6.45) is 2.65. The first kappa shape index (κ1) is 13.5. The van der Waals surface area contributed by atoms with Crippen molar-refractivity contribution in [1.82, 2.24) is 4.98 Å². The van der Waals surface area contributed by atoms with Gasteiger partial charge in [0.1, 0.15) is 0 Å². The minimum atomic E-state index is 0.603. The molecule has 0 bridgehead atoms. The summed E-state index contributed by atoms with van der Waals surface area (Å²) in [5.41, 5.74) is 2.01. The number of aromatic nitrogens is 1.